The van der Waals surface area contributed by atoms with E-state index in [9.17, 15) is 4.79 Å². The third-order valence-electron chi connectivity index (χ3n) is 2.31. The summed E-state index contributed by atoms with van der Waals surface area (Å²) < 4.78 is 4.91. The number of hydrogen-bond acceptors (Lipinski definition) is 3. The Morgan fingerprint density at radius 2 is 2.06 bits per heavy atom. The van der Waals surface area contributed by atoms with Gasteiger partial charge in [0, 0.05) is 31.7 Å². The lowest BCUT2D eigenvalue weighted by molar-refractivity contribution is -0.126. The van der Waals surface area contributed by atoms with E-state index in [1.165, 1.54) is 4.90 Å². The first-order valence-corrected chi connectivity index (χ1v) is 5.73. The summed E-state index contributed by atoms with van der Waals surface area (Å²) in [5, 5.41) is 8.89. The summed E-state index contributed by atoms with van der Waals surface area (Å²) in [4.78, 5) is 13.3. The Morgan fingerprint density at radius 3 is 2.67 bits per heavy atom. The van der Waals surface area contributed by atoms with Gasteiger partial charge in [0.05, 0.1) is 13.2 Å². The number of ether oxygens (including phenoxy) is 1. The van der Waals surface area contributed by atoms with Gasteiger partial charge in [-0.05, 0) is 12.1 Å². The third-order valence-corrected chi connectivity index (χ3v) is 2.31. The molecule has 0 saturated carbocycles. The minimum Gasteiger partial charge on any atom is -0.395 e. The molecular weight excluding hydrogens is 230 g/mol. The van der Waals surface area contributed by atoms with Crippen molar-refractivity contribution < 1.29 is 14.6 Å². The summed E-state index contributed by atoms with van der Waals surface area (Å²) in [5.41, 5.74) is 0.793. The van der Waals surface area contributed by atoms with Gasteiger partial charge < -0.3 is 14.7 Å². The molecule has 1 aromatic carbocycles. The maximum atomic E-state index is 11.8. The molecule has 4 heteroatoms. The highest BCUT2D eigenvalue weighted by atomic mass is 16.5. The van der Waals surface area contributed by atoms with E-state index < -0.39 is 0 Å². The van der Waals surface area contributed by atoms with Gasteiger partial charge in [-0.3, -0.25) is 4.79 Å². The van der Waals surface area contributed by atoms with E-state index in [2.05, 4.69) is 11.8 Å². The Bertz CT molecular complexity index is 420. The van der Waals surface area contributed by atoms with E-state index >= 15 is 0 Å². The molecule has 0 unspecified atom stereocenters. The highest BCUT2D eigenvalue weighted by molar-refractivity contribution is 5.94. The smallest absolute Gasteiger partial charge is 0.298 e. The number of methoxy groups -OCH3 is 1. The van der Waals surface area contributed by atoms with E-state index in [0.717, 1.165) is 5.56 Å². The lowest BCUT2D eigenvalue weighted by Crippen LogP contribution is -2.35. The minimum absolute atomic E-state index is 0.0809. The van der Waals surface area contributed by atoms with Crippen LogP contribution in [-0.2, 0) is 9.53 Å². The fourth-order valence-electron chi connectivity index (χ4n) is 1.36. The number of carbonyl (C=O) groups is 1. The van der Waals surface area contributed by atoms with Crippen molar-refractivity contribution in [1.29, 1.82) is 0 Å². The van der Waals surface area contributed by atoms with Crippen LogP contribution in [0.25, 0.3) is 0 Å². The molecule has 1 aromatic rings. The molecule has 0 saturated heterocycles. The molecule has 0 radical (unpaired) electrons. The molecule has 0 bridgehead atoms. The van der Waals surface area contributed by atoms with Gasteiger partial charge >= 0.3 is 0 Å². The van der Waals surface area contributed by atoms with E-state index in [-0.39, 0.29) is 19.1 Å². The van der Waals surface area contributed by atoms with Crippen LogP contribution in [0.3, 0.4) is 0 Å². The zero-order chi connectivity index (χ0) is 13.2. The number of aliphatic hydroxyl groups excluding tert-OH is 1. The number of nitrogens with zero attached hydrogens (tertiary/aromatic N) is 1. The van der Waals surface area contributed by atoms with Gasteiger partial charge in [-0.1, -0.05) is 24.1 Å². The van der Waals surface area contributed by atoms with Crippen LogP contribution in [0.5, 0.6) is 0 Å². The number of rotatable bonds is 5. The fourth-order valence-corrected chi connectivity index (χ4v) is 1.36. The zero-order valence-electron chi connectivity index (χ0n) is 10.4. The molecule has 0 spiro atoms. The lowest BCUT2D eigenvalue weighted by Gasteiger charge is -2.18. The van der Waals surface area contributed by atoms with Gasteiger partial charge in [0.25, 0.3) is 5.91 Å². The van der Waals surface area contributed by atoms with Crippen molar-refractivity contribution in [3.8, 4) is 11.8 Å². The van der Waals surface area contributed by atoms with Gasteiger partial charge in [-0.25, -0.2) is 0 Å². The molecule has 18 heavy (non-hydrogen) atoms. The number of hydrogen-bond donors (Lipinski definition) is 1. The van der Waals surface area contributed by atoms with Crippen LogP contribution in [0.1, 0.15) is 5.56 Å². The SMILES string of the molecule is COCCN(CCO)C(=O)C#Cc1ccccc1. The lowest BCUT2D eigenvalue weighted by atomic mass is 10.2. The van der Waals surface area contributed by atoms with Crippen molar-refractivity contribution in [3.05, 3.63) is 35.9 Å². The largest absolute Gasteiger partial charge is 0.395 e. The Labute approximate surface area is 107 Å². The Hall–Kier alpha value is -1.83. The predicted molar refractivity (Wildman–Crippen MR) is 68.9 cm³/mol. The van der Waals surface area contributed by atoms with Crippen molar-refractivity contribution in [2.75, 3.05) is 33.4 Å². The zero-order valence-corrected chi connectivity index (χ0v) is 10.4. The van der Waals surface area contributed by atoms with Crippen molar-refractivity contribution >= 4 is 5.91 Å². The van der Waals surface area contributed by atoms with Crippen LogP contribution in [0, 0.1) is 11.8 Å². The number of aliphatic hydroxyl groups is 1. The molecule has 0 aliphatic rings. The molecular formula is C14H17NO3. The molecule has 1 amide bonds. The van der Waals surface area contributed by atoms with Crippen molar-refractivity contribution in [1.82, 2.24) is 4.90 Å². The summed E-state index contributed by atoms with van der Waals surface area (Å²) >= 11 is 0. The fraction of sp³-hybridized carbons (Fsp3) is 0.357. The van der Waals surface area contributed by atoms with Gasteiger partial charge in [-0.2, -0.15) is 0 Å². The number of carbonyl (C=O) groups excluding carboxylic acids is 1. The second-order valence-corrected chi connectivity index (χ2v) is 3.62. The summed E-state index contributed by atoms with van der Waals surface area (Å²) in [6.07, 6.45) is 0. The Balaban J connectivity index is 2.63. The number of amides is 1. The predicted octanol–water partition coefficient (Wildman–Crippen LogP) is 0.505. The monoisotopic (exact) mass is 247 g/mol. The van der Waals surface area contributed by atoms with E-state index in [1.54, 1.807) is 7.11 Å². The Morgan fingerprint density at radius 1 is 1.33 bits per heavy atom. The molecule has 0 aliphatic heterocycles. The summed E-state index contributed by atoms with van der Waals surface area (Å²) in [5.74, 6) is 5.06. The molecule has 0 atom stereocenters. The first-order chi connectivity index (χ1) is 8.77. The maximum Gasteiger partial charge on any atom is 0.298 e. The summed E-state index contributed by atoms with van der Waals surface area (Å²) in [6, 6.07) is 9.30. The van der Waals surface area contributed by atoms with Crippen molar-refractivity contribution in [2.24, 2.45) is 0 Å². The summed E-state index contributed by atoms with van der Waals surface area (Å²) in [7, 11) is 1.57. The van der Waals surface area contributed by atoms with Gasteiger partial charge in [0.1, 0.15) is 0 Å². The molecule has 4 nitrogen and oxygen atoms in total. The van der Waals surface area contributed by atoms with E-state index in [0.29, 0.717) is 13.2 Å². The quantitative estimate of drug-likeness (QED) is 0.771. The molecule has 0 aromatic heterocycles. The third kappa shape index (κ3) is 5.00. The second kappa shape index (κ2) is 8.29. The van der Waals surface area contributed by atoms with Gasteiger partial charge in [0.15, 0.2) is 0 Å². The minimum atomic E-state index is -0.301. The van der Waals surface area contributed by atoms with Crippen LogP contribution in [0.15, 0.2) is 30.3 Å². The normalized spacial score (nSPS) is 9.44. The van der Waals surface area contributed by atoms with E-state index in [1.807, 2.05) is 30.3 Å². The van der Waals surface area contributed by atoms with Crippen molar-refractivity contribution in [2.45, 2.75) is 0 Å². The van der Waals surface area contributed by atoms with Crippen LogP contribution in [0.4, 0.5) is 0 Å². The average molecular weight is 247 g/mol. The topological polar surface area (TPSA) is 49.8 Å². The molecule has 1 N–H and O–H groups in total. The second-order valence-electron chi connectivity index (χ2n) is 3.62. The van der Waals surface area contributed by atoms with E-state index in [4.69, 9.17) is 9.84 Å². The molecule has 0 heterocycles. The molecule has 0 fully saturated rings. The molecule has 96 valence electrons. The van der Waals surface area contributed by atoms with Crippen molar-refractivity contribution in [3.63, 3.8) is 0 Å². The molecule has 0 aliphatic carbocycles. The molecule has 1 rings (SSSR count). The highest BCUT2D eigenvalue weighted by Gasteiger charge is 2.09. The standard InChI is InChI=1S/C14H17NO3/c1-18-12-10-15(9-11-16)14(17)8-7-13-5-3-2-4-6-13/h2-6,16H,9-12H2,1H3. The maximum absolute atomic E-state index is 11.8. The van der Waals surface area contributed by atoms with Crippen LogP contribution in [0.2, 0.25) is 0 Å². The average Bonchev–Trinajstić information content (AvgIpc) is 2.42. The Kier molecular flexibility index (Phi) is 6.55. The summed E-state index contributed by atoms with van der Waals surface area (Å²) in [6.45, 7) is 1.05. The van der Waals surface area contributed by atoms with Crippen LogP contribution < -0.4 is 0 Å². The van der Waals surface area contributed by atoms with Crippen LogP contribution in [-0.4, -0.2) is 49.3 Å². The van der Waals surface area contributed by atoms with Crippen LogP contribution >= 0.6 is 0 Å². The first-order valence-electron chi connectivity index (χ1n) is 5.73. The number of benzene rings is 1. The van der Waals surface area contributed by atoms with Gasteiger partial charge in [-0.15, -0.1) is 0 Å². The highest BCUT2D eigenvalue weighted by Crippen LogP contribution is 1.95. The first kappa shape index (κ1) is 14.2. The van der Waals surface area contributed by atoms with Gasteiger partial charge in [0.2, 0.25) is 0 Å².